The molecule has 0 aliphatic rings. The topological polar surface area (TPSA) is 31.2 Å². The van der Waals surface area contributed by atoms with E-state index in [1.54, 1.807) is 0 Å². The van der Waals surface area contributed by atoms with Crippen LogP contribution in [0, 0.1) is 13.8 Å². The number of hydrogen-bond acceptors (Lipinski definition) is 2. The Bertz CT molecular complexity index is 987. The smallest absolute Gasteiger partial charge is 0.416 e. The van der Waals surface area contributed by atoms with E-state index in [0.717, 1.165) is 23.4 Å². The van der Waals surface area contributed by atoms with Crippen molar-refractivity contribution in [2.75, 3.05) is 7.11 Å². The Balaban J connectivity index is 2.14. The van der Waals surface area contributed by atoms with E-state index in [2.05, 4.69) is 0 Å². The fraction of sp³-hybridized carbons (Fsp3) is 0.227. The van der Waals surface area contributed by atoms with Crippen molar-refractivity contribution < 1.29 is 22.7 Å². The molecule has 3 nitrogen and oxygen atoms in total. The number of alkyl halides is 3. The van der Waals surface area contributed by atoms with E-state index in [-0.39, 0.29) is 0 Å². The average molecular weight is 387 g/mol. The monoisotopic (exact) mass is 387 g/mol. The first-order valence-electron chi connectivity index (χ1n) is 8.73. The van der Waals surface area contributed by atoms with Crippen molar-refractivity contribution in [2.24, 2.45) is 0 Å². The number of ether oxygens (including phenoxy) is 1. The summed E-state index contributed by atoms with van der Waals surface area (Å²) in [5.74, 6) is -0.512. The van der Waals surface area contributed by atoms with Crippen molar-refractivity contribution in [3.63, 3.8) is 0 Å². The van der Waals surface area contributed by atoms with Crippen LogP contribution < -0.4 is 0 Å². The van der Waals surface area contributed by atoms with Crippen molar-refractivity contribution in [3.8, 4) is 11.1 Å². The van der Waals surface area contributed by atoms with Gasteiger partial charge in [-0.2, -0.15) is 13.2 Å². The molecule has 1 heterocycles. The van der Waals surface area contributed by atoms with E-state index in [0.29, 0.717) is 28.9 Å². The lowest BCUT2D eigenvalue weighted by Crippen LogP contribution is -2.07. The number of methoxy groups -OCH3 is 1. The molecule has 0 bridgehead atoms. The van der Waals surface area contributed by atoms with E-state index >= 15 is 0 Å². The van der Waals surface area contributed by atoms with Crippen LogP contribution in [0.3, 0.4) is 0 Å². The van der Waals surface area contributed by atoms with Crippen LogP contribution in [0.25, 0.3) is 11.1 Å². The number of carbonyl (C=O) groups excluding carboxylic acids is 1. The molecule has 3 rings (SSSR count). The molecule has 0 spiro atoms. The maximum Gasteiger partial charge on any atom is 0.416 e. The minimum atomic E-state index is -4.41. The standard InChI is InChI=1S/C22H20F3NO2/c1-14-19(17-9-11-18(12-10-17)22(23,24)25)20(21(27)28-3)15(2)26(14)13-16-7-5-4-6-8-16/h4-12H,13H2,1-3H3. The quantitative estimate of drug-likeness (QED) is 0.544. The number of halogens is 3. The highest BCUT2D eigenvalue weighted by molar-refractivity contribution is 5.99. The molecule has 0 unspecified atom stereocenters. The second-order valence-corrected chi connectivity index (χ2v) is 6.56. The maximum absolute atomic E-state index is 12.9. The van der Waals surface area contributed by atoms with Gasteiger partial charge in [0.25, 0.3) is 0 Å². The molecule has 0 fully saturated rings. The Hall–Kier alpha value is -3.02. The van der Waals surface area contributed by atoms with Gasteiger partial charge in [-0.3, -0.25) is 0 Å². The van der Waals surface area contributed by atoms with Gasteiger partial charge < -0.3 is 9.30 Å². The zero-order valence-electron chi connectivity index (χ0n) is 15.8. The van der Waals surface area contributed by atoms with Crippen molar-refractivity contribution >= 4 is 5.97 Å². The normalized spacial score (nSPS) is 11.5. The second-order valence-electron chi connectivity index (χ2n) is 6.56. The number of nitrogens with zero attached hydrogens (tertiary/aromatic N) is 1. The first-order chi connectivity index (χ1) is 13.2. The Morgan fingerprint density at radius 3 is 2.11 bits per heavy atom. The van der Waals surface area contributed by atoms with Crippen LogP contribution in [0.15, 0.2) is 54.6 Å². The van der Waals surface area contributed by atoms with E-state index < -0.39 is 17.7 Å². The summed E-state index contributed by atoms with van der Waals surface area (Å²) in [5.41, 5.74) is 3.34. The van der Waals surface area contributed by atoms with Gasteiger partial charge in [0, 0.05) is 23.5 Å². The fourth-order valence-corrected chi connectivity index (χ4v) is 3.42. The summed E-state index contributed by atoms with van der Waals surface area (Å²) in [5, 5.41) is 0. The summed E-state index contributed by atoms with van der Waals surface area (Å²) in [6, 6.07) is 14.6. The SMILES string of the molecule is COC(=O)c1c(-c2ccc(C(F)(F)F)cc2)c(C)n(Cc2ccccc2)c1C. The van der Waals surface area contributed by atoms with E-state index in [9.17, 15) is 18.0 Å². The van der Waals surface area contributed by atoms with Crippen molar-refractivity contribution in [1.82, 2.24) is 4.57 Å². The molecule has 6 heteroatoms. The van der Waals surface area contributed by atoms with Crippen LogP contribution >= 0.6 is 0 Å². The molecule has 3 aromatic rings. The highest BCUT2D eigenvalue weighted by atomic mass is 19.4. The van der Waals surface area contributed by atoms with Crippen molar-refractivity contribution in [1.29, 1.82) is 0 Å². The van der Waals surface area contributed by atoms with Crippen LogP contribution in [0.1, 0.15) is 32.9 Å². The average Bonchev–Trinajstić information content (AvgIpc) is 2.92. The molecule has 0 saturated heterocycles. The summed E-state index contributed by atoms with van der Waals surface area (Å²) >= 11 is 0. The van der Waals surface area contributed by atoms with Crippen LogP contribution in [-0.2, 0) is 17.5 Å². The summed E-state index contributed by atoms with van der Waals surface area (Å²) < 4.78 is 45.6. The first-order valence-corrected chi connectivity index (χ1v) is 8.73. The van der Waals surface area contributed by atoms with Gasteiger partial charge in [0.15, 0.2) is 0 Å². The number of esters is 1. The maximum atomic E-state index is 12.9. The highest BCUT2D eigenvalue weighted by Crippen LogP contribution is 2.36. The lowest BCUT2D eigenvalue weighted by Gasteiger charge is -2.11. The highest BCUT2D eigenvalue weighted by Gasteiger charge is 2.31. The Labute approximate surface area is 161 Å². The molecule has 146 valence electrons. The van der Waals surface area contributed by atoms with E-state index in [1.165, 1.54) is 19.2 Å². The number of benzene rings is 2. The Morgan fingerprint density at radius 1 is 0.964 bits per heavy atom. The Morgan fingerprint density at radius 2 is 1.57 bits per heavy atom. The van der Waals surface area contributed by atoms with Gasteiger partial charge >= 0.3 is 12.1 Å². The summed E-state index contributed by atoms with van der Waals surface area (Å²) in [4.78, 5) is 12.5. The fourth-order valence-electron chi connectivity index (χ4n) is 3.42. The number of carbonyl (C=O) groups is 1. The molecule has 0 N–H and O–H groups in total. The van der Waals surface area contributed by atoms with Gasteiger partial charge in [-0.1, -0.05) is 42.5 Å². The molecule has 28 heavy (non-hydrogen) atoms. The zero-order valence-corrected chi connectivity index (χ0v) is 15.8. The predicted molar refractivity (Wildman–Crippen MR) is 101 cm³/mol. The van der Waals surface area contributed by atoms with Gasteiger partial charge in [0.2, 0.25) is 0 Å². The minimum absolute atomic E-state index is 0.371. The van der Waals surface area contributed by atoms with E-state index in [1.807, 2.05) is 48.7 Å². The van der Waals surface area contributed by atoms with Crippen molar-refractivity contribution in [2.45, 2.75) is 26.6 Å². The van der Waals surface area contributed by atoms with Crippen LogP contribution in [-0.4, -0.2) is 17.6 Å². The van der Waals surface area contributed by atoms with Crippen LogP contribution in [0.5, 0.6) is 0 Å². The molecular weight excluding hydrogens is 367 g/mol. The van der Waals surface area contributed by atoms with Gasteiger partial charge in [0.05, 0.1) is 18.2 Å². The molecule has 0 amide bonds. The summed E-state index contributed by atoms with van der Waals surface area (Å²) in [6.45, 7) is 4.22. The third-order valence-corrected chi connectivity index (χ3v) is 4.86. The van der Waals surface area contributed by atoms with Gasteiger partial charge in [-0.05, 0) is 37.1 Å². The molecule has 0 atom stereocenters. The Kier molecular flexibility index (Phi) is 5.31. The molecule has 0 aliphatic heterocycles. The van der Waals surface area contributed by atoms with Crippen LogP contribution in [0.2, 0.25) is 0 Å². The number of aromatic nitrogens is 1. The molecule has 2 aromatic carbocycles. The molecular formula is C22H20F3NO2. The third kappa shape index (κ3) is 3.67. The minimum Gasteiger partial charge on any atom is -0.465 e. The molecule has 0 saturated carbocycles. The largest absolute Gasteiger partial charge is 0.465 e. The van der Waals surface area contributed by atoms with E-state index in [4.69, 9.17) is 4.74 Å². The molecule has 0 aliphatic carbocycles. The molecule has 1 aromatic heterocycles. The molecule has 0 radical (unpaired) electrons. The summed E-state index contributed by atoms with van der Waals surface area (Å²) in [7, 11) is 1.29. The zero-order chi connectivity index (χ0) is 20.5. The number of rotatable bonds is 4. The first kappa shape index (κ1) is 19.7. The predicted octanol–water partition coefficient (Wildman–Crippen LogP) is 5.63. The number of hydrogen-bond donors (Lipinski definition) is 0. The third-order valence-electron chi connectivity index (χ3n) is 4.86. The summed E-state index contributed by atoms with van der Waals surface area (Å²) in [6.07, 6.45) is -4.41. The second kappa shape index (κ2) is 7.54. The van der Waals surface area contributed by atoms with Crippen molar-refractivity contribution in [3.05, 3.63) is 82.7 Å². The van der Waals surface area contributed by atoms with Crippen LogP contribution in [0.4, 0.5) is 13.2 Å². The lowest BCUT2D eigenvalue weighted by molar-refractivity contribution is -0.137. The van der Waals surface area contributed by atoms with Gasteiger partial charge in [0.1, 0.15) is 0 Å². The van der Waals surface area contributed by atoms with Gasteiger partial charge in [-0.15, -0.1) is 0 Å². The van der Waals surface area contributed by atoms with Gasteiger partial charge in [-0.25, -0.2) is 4.79 Å². The lowest BCUT2D eigenvalue weighted by atomic mass is 9.99.